The van der Waals surface area contributed by atoms with Crippen LogP contribution in [0.3, 0.4) is 0 Å². The average molecular weight is 243 g/mol. The van der Waals surface area contributed by atoms with Gasteiger partial charge in [0.15, 0.2) is 0 Å². The largest absolute Gasteiger partial charge is 0.303 e. The van der Waals surface area contributed by atoms with Gasteiger partial charge in [-0.1, -0.05) is 49.6 Å². The third-order valence-corrected chi connectivity index (χ3v) is 4.93. The molecule has 18 heavy (non-hydrogen) atoms. The molecule has 1 aliphatic heterocycles. The Morgan fingerprint density at radius 1 is 0.944 bits per heavy atom. The van der Waals surface area contributed by atoms with E-state index in [9.17, 15) is 0 Å². The van der Waals surface area contributed by atoms with E-state index >= 15 is 0 Å². The van der Waals surface area contributed by atoms with Gasteiger partial charge >= 0.3 is 0 Å². The van der Waals surface area contributed by atoms with Crippen LogP contribution in [0, 0.1) is 11.8 Å². The van der Waals surface area contributed by atoms with E-state index in [4.69, 9.17) is 0 Å². The van der Waals surface area contributed by atoms with Crippen LogP contribution in [0.4, 0.5) is 0 Å². The summed E-state index contributed by atoms with van der Waals surface area (Å²) in [6.45, 7) is 3.97. The fraction of sp³-hybridized carbons (Fsp3) is 0.647. The molecule has 2 aliphatic rings. The zero-order valence-corrected chi connectivity index (χ0v) is 11.4. The fourth-order valence-corrected chi connectivity index (χ4v) is 3.81. The van der Waals surface area contributed by atoms with Crippen molar-refractivity contribution in [1.82, 2.24) is 4.90 Å². The van der Waals surface area contributed by atoms with Gasteiger partial charge in [-0.15, -0.1) is 0 Å². The number of benzene rings is 1. The van der Waals surface area contributed by atoms with Crippen molar-refractivity contribution in [3.63, 3.8) is 0 Å². The van der Waals surface area contributed by atoms with E-state index in [2.05, 4.69) is 35.2 Å². The van der Waals surface area contributed by atoms with Gasteiger partial charge in [0.25, 0.3) is 0 Å². The molecule has 0 radical (unpaired) electrons. The second kappa shape index (κ2) is 5.88. The molecule has 1 aromatic carbocycles. The monoisotopic (exact) mass is 243 g/mol. The molecule has 0 unspecified atom stereocenters. The Kier molecular flexibility index (Phi) is 3.99. The van der Waals surface area contributed by atoms with E-state index in [0.29, 0.717) is 0 Å². The van der Waals surface area contributed by atoms with Crippen LogP contribution < -0.4 is 0 Å². The van der Waals surface area contributed by atoms with Gasteiger partial charge in [0, 0.05) is 13.1 Å². The molecule has 0 bridgehead atoms. The van der Waals surface area contributed by atoms with Crippen molar-refractivity contribution in [1.29, 1.82) is 0 Å². The highest BCUT2D eigenvalue weighted by molar-refractivity contribution is 5.14. The minimum atomic E-state index is 1.02. The summed E-state index contributed by atoms with van der Waals surface area (Å²) in [5.41, 5.74) is 1.49. The van der Waals surface area contributed by atoms with Crippen molar-refractivity contribution in [2.75, 3.05) is 19.6 Å². The van der Waals surface area contributed by atoms with Crippen molar-refractivity contribution < 1.29 is 0 Å². The smallest absolute Gasteiger partial charge is 0.00219 e. The first-order valence-corrected chi connectivity index (χ1v) is 7.68. The fourth-order valence-electron chi connectivity index (χ4n) is 3.81. The molecule has 0 N–H and O–H groups in total. The number of rotatable bonds is 3. The third kappa shape index (κ3) is 2.95. The normalized spacial score (nSPS) is 28.9. The number of nitrogens with zero attached hydrogens (tertiary/aromatic N) is 1. The van der Waals surface area contributed by atoms with Crippen molar-refractivity contribution in [2.45, 2.75) is 38.5 Å². The summed E-state index contributed by atoms with van der Waals surface area (Å²) in [7, 11) is 0. The molecular weight excluding hydrogens is 218 g/mol. The van der Waals surface area contributed by atoms with Gasteiger partial charge < -0.3 is 4.90 Å². The number of hydrogen-bond acceptors (Lipinski definition) is 1. The maximum absolute atomic E-state index is 2.71. The van der Waals surface area contributed by atoms with E-state index in [0.717, 1.165) is 11.8 Å². The molecular formula is C17H25N. The Morgan fingerprint density at radius 2 is 1.72 bits per heavy atom. The van der Waals surface area contributed by atoms with E-state index < -0.39 is 0 Å². The minimum Gasteiger partial charge on any atom is -0.303 e. The summed E-state index contributed by atoms with van der Waals surface area (Å²) >= 11 is 0. The number of piperidine rings is 1. The molecule has 0 spiro atoms. The molecule has 1 saturated heterocycles. The van der Waals surface area contributed by atoms with E-state index in [1.54, 1.807) is 0 Å². The Labute approximate surface area is 111 Å². The lowest BCUT2D eigenvalue weighted by Crippen LogP contribution is -2.42. The van der Waals surface area contributed by atoms with Crippen LogP contribution in [0.1, 0.15) is 37.7 Å². The van der Waals surface area contributed by atoms with Crippen LogP contribution in [0.25, 0.3) is 0 Å². The summed E-state index contributed by atoms with van der Waals surface area (Å²) in [6, 6.07) is 10.9. The van der Waals surface area contributed by atoms with Crippen LogP contribution in [-0.2, 0) is 6.42 Å². The third-order valence-electron chi connectivity index (χ3n) is 4.93. The topological polar surface area (TPSA) is 3.24 Å². The standard InChI is InChI=1S/C17H25N/c1-2-6-15(7-3-1)10-12-18-13-11-16-8-4-5-9-17(16)14-18/h1-3,6-7,16-17H,4-5,8-14H2/t16-,17+/m0/s1. The predicted molar refractivity (Wildman–Crippen MR) is 76.7 cm³/mol. The Balaban J connectivity index is 1.49. The maximum atomic E-state index is 2.71. The molecule has 1 aromatic rings. The quantitative estimate of drug-likeness (QED) is 0.781. The van der Waals surface area contributed by atoms with Crippen LogP contribution in [0.15, 0.2) is 30.3 Å². The number of fused-ring (bicyclic) bond motifs is 1. The summed E-state index contributed by atoms with van der Waals surface area (Å²) < 4.78 is 0. The molecule has 1 aliphatic carbocycles. The van der Waals surface area contributed by atoms with Gasteiger partial charge in [0.2, 0.25) is 0 Å². The molecule has 98 valence electrons. The van der Waals surface area contributed by atoms with Crippen molar-refractivity contribution in [2.24, 2.45) is 11.8 Å². The Morgan fingerprint density at radius 3 is 2.56 bits per heavy atom. The highest BCUT2D eigenvalue weighted by Crippen LogP contribution is 2.35. The second-order valence-electron chi connectivity index (χ2n) is 6.13. The highest BCUT2D eigenvalue weighted by Gasteiger charge is 2.30. The lowest BCUT2D eigenvalue weighted by molar-refractivity contribution is 0.0878. The first kappa shape index (κ1) is 12.2. The minimum absolute atomic E-state index is 1.02. The van der Waals surface area contributed by atoms with Crippen molar-refractivity contribution in [3.05, 3.63) is 35.9 Å². The van der Waals surface area contributed by atoms with E-state index in [1.807, 2.05) is 0 Å². The van der Waals surface area contributed by atoms with Crippen molar-refractivity contribution in [3.8, 4) is 0 Å². The zero-order chi connectivity index (χ0) is 12.2. The van der Waals surface area contributed by atoms with Crippen LogP contribution in [0.2, 0.25) is 0 Å². The van der Waals surface area contributed by atoms with Gasteiger partial charge in [0.1, 0.15) is 0 Å². The average Bonchev–Trinajstić information content (AvgIpc) is 2.46. The molecule has 2 atom stereocenters. The molecule has 3 rings (SSSR count). The van der Waals surface area contributed by atoms with Crippen LogP contribution in [0.5, 0.6) is 0 Å². The van der Waals surface area contributed by atoms with Gasteiger partial charge in [-0.25, -0.2) is 0 Å². The van der Waals surface area contributed by atoms with Crippen LogP contribution >= 0.6 is 0 Å². The molecule has 2 fully saturated rings. The lowest BCUT2D eigenvalue weighted by atomic mass is 9.75. The van der Waals surface area contributed by atoms with Gasteiger partial charge in [0.05, 0.1) is 0 Å². The second-order valence-corrected chi connectivity index (χ2v) is 6.13. The van der Waals surface area contributed by atoms with E-state index in [1.165, 1.54) is 63.7 Å². The molecule has 1 heterocycles. The van der Waals surface area contributed by atoms with Gasteiger partial charge in [-0.2, -0.15) is 0 Å². The Bertz CT molecular complexity index is 359. The summed E-state index contributed by atoms with van der Waals surface area (Å²) in [6.07, 6.45) is 8.65. The molecule has 1 saturated carbocycles. The SMILES string of the molecule is c1ccc(CCN2CC[C@@H]3CCCC[C@@H]3C2)cc1. The molecule has 0 aromatic heterocycles. The zero-order valence-electron chi connectivity index (χ0n) is 11.4. The highest BCUT2D eigenvalue weighted by atomic mass is 15.1. The predicted octanol–water partition coefficient (Wildman–Crippen LogP) is 3.74. The molecule has 1 nitrogen and oxygen atoms in total. The summed E-state index contributed by atoms with van der Waals surface area (Å²) in [4.78, 5) is 2.71. The van der Waals surface area contributed by atoms with Crippen LogP contribution in [-0.4, -0.2) is 24.5 Å². The lowest BCUT2D eigenvalue weighted by Gasteiger charge is -2.41. The van der Waals surface area contributed by atoms with Gasteiger partial charge in [-0.05, 0) is 43.2 Å². The first-order valence-electron chi connectivity index (χ1n) is 7.68. The van der Waals surface area contributed by atoms with Crippen molar-refractivity contribution >= 4 is 0 Å². The van der Waals surface area contributed by atoms with E-state index in [-0.39, 0.29) is 0 Å². The number of likely N-dealkylation sites (tertiary alicyclic amines) is 1. The Hall–Kier alpha value is -0.820. The summed E-state index contributed by atoms with van der Waals surface area (Å²) in [5, 5.41) is 0. The maximum Gasteiger partial charge on any atom is 0.00219 e. The molecule has 1 heteroatoms. The number of hydrogen-bond donors (Lipinski definition) is 0. The van der Waals surface area contributed by atoms with Gasteiger partial charge in [-0.3, -0.25) is 0 Å². The molecule has 0 amide bonds. The summed E-state index contributed by atoms with van der Waals surface area (Å²) in [5.74, 6) is 2.08. The first-order chi connectivity index (χ1) is 8.92.